The van der Waals surface area contributed by atoms with Crippen molar-refractivity contribution in [2.75, 3.05) is 46.9 Å². The Morgan fingerprint density at radius 2 is 1.80 bits per heavy atom. The summed E-state index contributed by atoms with van der Waals surface area (Å²) < 4.78 is 0. The molecule has 0 fully saturated rings. The van der Waals surface area contributed by atoms with Gasteiger partial charge in [0, 0.05) is 19.7 Å². The molecular formula is C10H22N2O3. The number of aliphatic hydroxyl groups is 1. The average molecular weight is 218 g/mol. The molecule has 2 N–H and O–H groups in total. The van der Waals surface area contributed by atoms with E-state index in [2.05, 4.69) is 0 Å². The Labute approximate surface area is 91.3 Å². The summed E-state index contributed by atoms with van der Waals surface area (Å²) >= 11 is 0. The number of aliphatic hydroxyl groups excluding tert-OH is 1. The van der Waals surface area contributed by atoms with Crippen LogP contribution < -0.4 is 0 Å². The number of hydrogen-bond donors (Lipinski definition) is 2. The molecule has 0 saturated heterocycles. The topological polar surface area (TPSA) is 64.0 Å². The third-order valence-corrected chi connectivity index (χ3v) is 2.10. The molecule has 90 valence electrons. The lowest BCUT2D eigenvalue weighted by molar-refractivity contribution is -0.138. The van der Waals surface area contributed by atoms with Crippen LogP contribution in [0.1, 0.15) is 12.8 Å². The summed E-state index contributed by atoms with van der Waals surface area (Å²) in [4.78, 5) is 14.5. The summed E-state index contributed by atoms with van der Waals surface area (Å²) in [5.41, 5.74) is 0. The number of carboxylic acid groups (broad SMARTS) is 1. The van der Waals surface area contributed by atoms with Crippen molar-refractivity contribution in [1.82, 2.24) is 9.80 Å². The lowest BCUT2D eigenvalue weighted by Gasteiger charge is -2.21. The Morgan fingerprint density at radius 3 is 2.27 bits per heavy atom. The minimum atomic E-state index is -0.794. The van der Waals surface area contributed by atoms with Crippen molar-refractivity contribution < 1.29 is 15.0 Å². The number of likely N-dealkylation sites (N-methyl/N-ethyl adjacent to an activating group) is 1. The van der Waals surface area contributed by atoms with E-state index < -0.39 is 5.97 Å². The van der Waals surface area contributed by atoms with E-state index >= 15 is 0 Å². The SMILES string of the molecule is CN(C)CCN(CCCCO)CC(=O)O. The van der Waals surface area contributed by atoms with Crippen LogP contribution >= 0.6 is 0 Å². The zero-order valence-corrected chi connectivity index (χ0v) is 9.65. The number of rotatable bonds is 9. The van der Waals surface area contributed by atoms with E-state index in [-0.39, 0.29) is 13.2 Å². The number of nitrogens with zero attached hydrogens (tertiary/aromatic N) is 2. The molecule has 0 aromatic carbocycles. The third kappa shape index (κ3) is 9.65. The summed E-state index contributed by atoms with van der Waals surface area (Å²) in [6, 6.07) is 0. The van der Waals surface area contributed by atoms with Gasteiger partial charge in [-0.2, -0.15) is 0 Å². The average Bonchev–Trinajstić information content (AvgIpc) is 2.13. The van der Waals surface area contributed by atoms with Gasteiger partial charge in [0.2, 0.25) is 0 Å². The predicted molar refractivity (Wildman–Crippen MR) is 58.9 cm³/mol. The van der Waals surface area contributed by atoms with Gasteiger partial charge in [-0.1, -0.05) is 0 Å². The van der Waals surface area contributed by atoms with Crippen LogP contribution in [0.25, 0.3) is 0 Å². The van der Waals surface area contributed by atoms with E-state index in [4.69, 9.17) is 10.2 Å². The van der Waals surface area contributed by atoms with Crippen molar-refractivity contribution in [2.24, 2.45) is 0 Å². The third-order valence-electron chi connectivity index (χ3n) is 2.10. The highest BCUT2D eigenvalue weighted by atomic mass is 16.4. The van der Waals surface area contributed by atoms with Crippen molar-refractivity contribution in [1.29, 1.82) is 0 Å². The van der Waals surface area contributed by atoms with Crippen LogP contribution in [0.4, 0.5) is 0 Å². The Morgan fingerprint density at radius 1 is 1.13 bits per heavy atom. The summed E-state index contributed by atoms with van der Waals surface area (Å²) in [5.74, 6) is -0.794. The van der Waals surface area contributed by atoms with E-state index in [1.165, 1.54) is 0 Å². The maximum atomic E-state index is 10.6. The molecule has 0 aliphatic heterocycles. The molecule has 0 aliphatic rings. The van der Waals surface area contributed by atoms with Gasteiger partial charge in [0.25, 0.3) is 0 Å². The zero-order chi connectivity index (χ0) is 11.7. The van der Waals surface area contributed by atoms with Crippen molar-refractivity contribution in [3.63, 3.8) is 0 Å². The zero-order valence-electron chi connectivity index (χ0n) is 9.65. The Hall–Kier alpha value is -0.650. The second-order valence-corrected chi connectivity index (χ2v) is 3.90. The molecule has 0 rings (SSSR count). The Balaban J connectivity index is 3.78. The van der Waals surface area contributed by atoms with E-state index in [1.54, 1.807) is 0 Å². The van der Waals surface area contributed by atoms with Gasteiger partial charge < -0.3 is 15.1 Å². The van der Waals surface area contributed by atoms with Crippen LogP contribution in [0.2, 0.25) is 0 Å². The van der Waals surface area contributed by atoms with Crippen LogP contribution in [-0.2, 0) is 4.79 Å². The Kier molecular flexibility index (Phi) is 8.27. The minimum absolute atomic E-state index is 0.0826. The van der Waals surface area contributed by atoms with Gasteiger partial charge in [0.15, 0.2) is 0 Å². The van der Waals surface area contributed by atoms with Crippen molar-refractivity contribution in [2.45, 2.75) is 12.8 Å². The predicted octanol–water partition coefficient (Wildman–Crippen LogP) is -0.293. The first-order chi connectivity index (χ1) is 7.06. The van der Waals surface area contributed by atoms with Gasteiger partial charge in [-0.25, -0.2) is 0 Å². The highest BCUT2D eigenvalue weighted by molar-refractivity contribution is 5.69. The van der Waals surface area contributed by atoms with Gasteiger partial charge in [-0.15, -0.1) is 0 Å². The molecule has 0 amide bonds. The van der Waals surface area contributed by atoms with Crippen LogP contribution in [-0.4, -0.2) is 72.9 Å². The minimum Gasteiger partial charge on any atom is -0.480 e. The summed E-state index contributed by atoms with van der Waals surface area (Å²) in [5, 5.41) is 17.3. The summed E-state index contributed by atoms with van der Waals surface area (Å²) in [7, 11) is 3.93. The van der Waals surface area contributed by atoms with Gasteiger partial charge in [-0.3, -0.25) is 9.69 Å². The molecule has 0 spiro atoms. The largest absolute Gasteiger partial charge is 0.480 e. The molecule has 0 radical (unpaired) electrons. The second-order valence-electron chi connectivity index (χ2n) is 3.90. The molecule has 0 heterocycles. The second kappa shape index (κ2) is 8.64. The fourth-order valence-electron chi connectivity index (χ4n) is 1.25. The summed E-state index contributed by atoms with van der Waals surface area (Å²) in [6.45, 7) is 2.60. The lowest BCUT2D eigenvalue weighted by atomic mass is 10.3. The molecule has 0 saturated carbocycles. The van der Waals surface area contributed by atoms with Gasteiger partial charge in [-0.05, 0) is 33.5 Å². The molecule has 0 bridgehead atoms. The van der Waals surface area contributed by atoms with Crippen LogP contribution in [0, 0.1) is 0 Å². The molecule has 0 aliphatic carbocycles. The van der Waals surface area contributed by atoms with Gasteiger partial charge in [0.1, 0.15) is 0 Å². The van der Waals surface area contributed by atoms with E-state index in [0.29, 0.717) is 0 Å². The highest BCUT2D eigenvalue weighted by Crippen LogP contribution is 1.95. The van der Waals surface area contributed by atoms with Crippen molar-refractivity contribution in [3.8, 4) is 0 Å². The first-order valence-corrected chi connectivity index (χ1v) is 5.26. The normalized spacial score (nSPS) is 11.3. The molecular weight excluding hydrogens is 196 g/mol. The van der Waals surface area contributed by atoms with Gasteiger partial charge in [0.05, 0.1) is 6.54 Å². The van der Waals surface area contributed by atoms with Crippen LogP contribution in [0.3, 0.4) is 0 Å². The number of carboxylic acids is 1. The van der Waals surface area contributed by atoms with Crippen LogP contribution in [0.5, 0.6) is 0 Å². The number of aliphatic carboxylic acids is 1. The number of unbranched alkanes of at least 4 members (excludes halogenated alkanes) is 1. The van der Waals surface area contributed by atoms with E-state index in [0.717, 1.165) is 32.5 Å². The molecule has 0 aromatic rings. The fourth-order valence-corrected chi connectivity index (χ4v) is 1.25. The first-order valence-electron chi connectivity index (χ1n) is 5.26. The van der Waals surface area contributed by atoms with Crippen molar-refractivity contribution >= 4 is 5.97 Å². The quantitative estimate of drug-likeness (QED) is 0.521. The van der Waals surface area contributed by atoms with Gasteiger partial charge >= 0.3 is 5.97 Å². The molecule has 15 heavy (non-hydrogen) atoms. The molecule has 0 unspecified atom stereocenters. The highest BCUT2D eigenvalue weighted by Gasteiger charge is 2.09. The number of hydrogen-bond acceptors (Lipinski definition) is 4. The number of carbonyl (C=O) groups is 1. The maximum Gasteiger partial charge on any atom is 0.317 e. The standard InChI is InChI=1S/C10H22N2O3/c1-11(2)6-7-12(9-10(14)15)5-3-4-8-13/h13H,3-9H2,1-2H3,(H,14,15). The monoisotopic (exact) mass is 218 g/mol. The maximum absolute atomic E-state index is 10.6. The molecule has 5 heteroatoms. The molecule has 0 atom stereocenters. The smallest absolute Gasteiger partial charge is 0.317 e. The Bertz CT molecular complexity index is 174. The van der Waals surface area contributed by atoms with E-state index in [1.807, 2.05) is 23.9 Å². The molecule has 5 nitrogen and oxygen atoms in total. The van der Waals surface area contributed by atoms with E-state index in [9.17, 15) is 4.79 Å². The lowest BCUT2D eigenvalue weighted by Crippen LogP contribution is -2.36. The molecule has 0 aromatic heterocycles. The van der Waals surface area contributed by atoms with Crippen molar-refractivity contribution in [3.05, 3.63) is 0 Å². The summed E-state index contributed by atoms with van der Waals surface area (Å²) in [6.07, 6.45) is 1.58. The fraction of sp³-hybridized carbons (Fsp3) is 0.900. The first kappa shape index (κ1) is 14.3. The van der Waals surface area contributed by atoms with Crippen LogP contribution in [0.15, 0.2) is 0 Å².